The Labute approximate surface area is 184 Å². The predicted molar refractivity (Wildman–Crippen MR) is 123 cm³/mol. The molecule has 0 bridgehead atoms. The van der Waals surface area contributed by atoms with E-state index in [1.165, 1.54) is 11.1 Å². The first kappa shape index (κ1) is 21.3. The molecule has 1 saturated heterocycles. The minimum absolute atomic E-state index is 0.0604. The summed E-state index contributed by atoms with van der Waals surface area (Å²) in [5.41, 5.74) is 5.06. The van der Waals surface area contributed by atoms with Gasteiger partial charge in [-0.2, -0.15) is 0 Å². The van der Waals surface area contributed by atoms with Crippen molar-refractivity contribution in [1.82, 2.24) is 10.2 Å². The summed E-state index contributed by atoms with van der Waals surface area (Å²) in [6.07, 6.45) is 0.844. The zero-order chi connectivity index (χ0) is 22.3. The molecule has 0 saturated carbocycles. The van der Waals surface area contributed by atoms with Gasteiger partial charge < -0.3 is 25.0 Å². The number of hydrogen-bond donors (Lipinski definition) is 2. The van der Waals surface area contributed by atoms with E-state index in [-0.39, 0.29) is 17.5 Å². The number of phenolic OH excluding ortho intramolecular Hbond substituents is 1. The van der Waals surface area contributed by atoms with Crippen LogP contribution in [0.3, 0.4) is 0 Å². The van der Waals surface area contributed by atoms with Gasteiger partial charge in [0.2, 0.25) is 0 Å². The van der Waals surface area contributed by atoms with Crippen LogP contribution < -0.4 is 15.0 Å². The van der Waals surface area contributed by atoms with E-state index in [0.29, 0.717) is 18.8 Å². The van der Waals surface area contributed by atoms with Gasteiger partial charge in [-0.3, -0.25) is 0 Å². The van der Waals surface area contributed by atoms with Gasteiger partial charge in [0.05, 0.1) is 13.2 Å². The summed E-state index contributed by atoms with van der Waals surface area (Å²) < 4.78 is 5.33. The number of benzene rings is 2. The maximum Gasteiger partial charge on any atom is 0.318 e. The number of amides is 2. The highest BCUT2D eigenvalue weighted by Crippen LogP contribution is 2.50. The van der Waals surface area contributed by atoms with Crippen LogP contribution in [0, 0.1) is 19.3 Å². The van der Waals surface area contributed by atoms with Crippen molar-refractivity contribution < 1.29 is 14.6 Å². The molecule has 2 aromatic carbocycles. The summed E-state index contributed by atoms with van der Waals surface area (Å²) in [6.45, 7) is 11.2. The van der Waals surface area contributed by atoms with Gasteiger partial charge in [-0.15, -0.1) is 0 Å². The van der Waals surface area contributed by atoms with Gasteiger partial charge in [0.15, 0.2) is 0 Å². The number of carbonyl (C=O) groups is 1. The van der Waals surface area contributed by atoms with Gasteiger partial charge >= 0.3 is 6.03 Å². The average molecular weight is 424 g/mol. The molecule has 2 aliphatic rings. The van der Waals surface area contributed by atoms with E-state index in [1.54, 1.807) is 7.11 Å². The summed E-state index contributed by atoms with van der Waals surface area (Å²) in [7, 11) is 1.67. The largest absolute Gasteiger partial charge is 0.507 e. The fourth-order valence-electron chi connectivity index (χ4n) is 5.00. The van der Waals surface area contributed by atoms with Crippen LogP contribution in [0.5, 0.6) is 11.5 Å². The van der Waals surface area contributed by atoms with E-state index >= 15 is 0 Å². The van der Waals surface area contributed by atoms with Crippen LogP contribution in [0.4, 0.5) is 10.5 Å². The number of methoxy groups -OCH3 is 1. The third-order valence-electron chi connectivity index (χ3n) is 6.82. The molecule has 0 spiro atoms. The molecule has 0 radical (unpaired) electrons. The number of carbonyl (C=O) groups excluding carboxylic acids is 1. The SMILES string of the molecule is COc1cccc(N2CCN(C(=O)NC3c4c(O)c(C)cc(C)c4CC3(C)C)CC2)c1. The standard InChI is InChI=1S/C25H33N3O3/c1-16-13-17(2)22(29)21-20(16)15-25(3,4)23(21)26-24(30)28-11-9-27(10-12-28)18-7-6-8-19(14-18)31-5/h6-8,13-14,23,29H,9-12,15H2,1-5H3,(H,26,30). The molecule has 1 atom stereocenters. The van der Waals surface area contributed by atoms with E-state index in [4.69, 9.17) is 4.74 Å². The summed E-state index contributed by atoms with van der Waals surface area (Å²) in [4.78, 5) is 17.3. The number of urea groups is 1. The summed E-state index contributed by atoms with van der Waals surface area (Å²) in [5.74, 6) is 1.16. The number of piperazine rings is 1. The number of aryl methyl sites for hydroxylation is 2. The topological polar surface area (TPSA) is 65.0 Å². The van der Waals surface area contributed by atoms with Crippen LogP contribution >= 0.6 is 0 Å². The quantitative estimate of drug-likeness (QED) is 0.778. The third kappa shape index (κ3) is 3.91. The Balaban J connectivity index is 1.46. The molecule has 2 N–H and O–H groups in total. The first-order chi connectivity index (χ1) is 14.7. The molecular formula is C25H33N3O3. The van der Waals surface area contributed by atoms with Crippen molar-refractivity contribution in [1.29, 1.82) is 0 Å². The molecule has 2 amide bonds. The first-order valence-corrected chi connectivity index (χ1v) is 11.0. The van der Waals surface area contributed by atoms with Crippen LogP contribution in [0.25, 0.3) is 0 Å². The minimum Gasteiger partial charge on any atom is -0.507 e. The number of nitrogens with one attached hydrogen (secondary N) is 1. The molecule has 6 nitrogen and oxygen atoms in total. The Bertz CT molecular complexity index is 994. The lowest BCUT2D eigenvalue weighted by Crippen LogP contribution is -2.53. The number of nitrogens with zero attached hydrogens (tertiary/aromatic N) is 2. The van der Waals surface area contributed by atoms with Crippen LogP contribution in [-0.2, 0) is 6.42 Å². The number of hydrogen-bond acceptors (Lipinski definition) is 4. The van der Waals surface area contributed by atoms with Crippen LogP contribution in [0.2, 0.25) is 0 Å². The molecule has 1 fully saturated rings. The van der Waals surface area contributed by atoms with Crippen molar-refractivity contribution in [2.75, 3.05) is 38.2 Å². The number of fused-ring (bicyclic) bond motifs is 1. The Hall–Kier alpha value is -2.89. The predicted octanol–water partition coefficient (Wildman–Crippen LogP) is 4.17. The second-order valence-corrected chi connectivity index (χ2v) is 9.47. The molecule has 1 aliphatic carbocycles. The highest BCUT2D eigenvalue weighted by atomic mass is 16.5. The Morgan fingerprint density at radius 3 is 2.52 bits per heavy atom. The monoisotopic (exact) mass is 423 g/mol. The van der Waals surface area contributed by atoms with Gasteiger partial charge in [-0.25, -0.2) is 4.79 Å². The number of ether oxygens (including phenoxy) is 1. The Kier molecular flexibility index (Phi) is 5.50. The van der Waals surface area contributed by atoms with Crippen molar-refractivity contribution in [3.05, 3.63) is 52.6 Å². The number of phenols is 1. The van der Waals surface area contributed by atoms with Crippen LogP contribution in [0.15, 0.2) is 30.3 Å². The van der Waals surface area contributed by atoms with Crippen molar-refractivity contribution in [3.8, 4) is 11.5 Å². The first-order valence-electron chi connectivity index (χ1n) is 11.0. The molecule has 2 aromatic rings. The van der Waals surface area contributed by atoms with Gasteiger partial charge in [0.1, 0.15) is 11.5 Å². The third-order valence-corrected chi connectivity index (χ3v) is 6.82. The molecule has 1 unspecified atom stereocenters. The number of anilines is 1. The number of rotatable bonds is 3. The lowest BCUT2D eigenvalue weighted by Gasteiger charge is -2.38. The molecule has 1 heterocycles. The van der Waals surface area contributed by atoms with Crippen molar-refractivity contribution in [2.45, 2.75) is 40.2 Å². The lowest BCUT2D eigenvalue weighted by atomic mass is 9.85. The maximum absolute atomic E-state index is 13.2. The molecule has 6 heteroatoms. The van der Waals surface area contributed by atoms with E-state index in [0.717, 1.165) is 42.1 Å². The normalized spacial score (nSPS) is 19.8. The summed E-state index contributed by atoms with van der Waals surface area (Å²) in [5, 5.41) is 14.0. The van der Waals surface area contributed by atoms with E-state index in [2.05, 4.69) is 37.1 Å². The molecular weight excluding hydrogens is 390 g/mol. The zero-order valence-electron chi connectivity index (χ0n) is 19.2. The van der Waals surface area contributed by atoms with Crippen LogP contribution in [0.1, 0.15) is 42.1 Å². The van der Waals surface area contributed by atoms with Gasteiger partial charge in [-0.1, -0.05) is 26.0 Å². The zero-order valence-corrected chi connectivity index (χ0v) is 19.2. The highest BCUT2D eigenvalue weighted by Gasteiger charge is 2.43. The Morgan fingerprint density at radius 2 is 1.84 bits per heavy atom. The van der Waals surface area contributed by atoms with Gasteiger partial charge in [0.25, 0.3) is 0 Å². The summed E-state index contributed by atoms with van der Waals surface area (Å²) >= 11 is 0. The lowest BCUT2D eigenvalue weighted by molar-refractivity contribution is 0.176. The fraction of sp³-hybridized carbons (Fsp3) is 0.480. The van der Waals surface area contributed by atoms with Gasteiger partial charge in [-0.05, 0) is 54.5 Å². The minimum atomic E-state index is -0.204. The van der Waals surface area contributed by atoms with E-state index in [9.17, 15) is 9.90 Å². The second-order valence-electron chi connectivity index (χ2n) is 9.47. The van der Waals surface area contributed by atoms with Crippen LogP contribution in [-0.4, -0.2) is 49.3 Å². The smallest absolute Gasteiger partial charge is 0.318 e. The molecule has 0 aromatic heterocycles. The molecule has 1 aliphatic heterocycles. The van der Waals surface area contributed by atoms with Crippen molar-refractivity contribution in [3.63, 3.8) is 0 Å². The molecule has 166 valence electrons. The summed E-state index contributed by atoms with van der Waals surface area (Å²) in [6, 6.07) is 9.80. The fourth-order valence-corrected chi connectivity index (χ4v) is 5.00. The van der Waals surface area contributed by atoms with Gasteiger partial charge in [0, 0.05) is 43.5 Å². The molecule has 4 rings (SSSR count). The second kappa shape index (κ2) is 7.98. The molecule has 31 heavy (non-hydrogen) atoms. The number of aromatic hydroxyl groups is 1. The van der Waals surface area contributed by atoms with Crippen molar-refractivity contribution in [2.24, 2.45) is 5.41 Å². The average Bonchev–Trinajstić information content (AvgIpc) is 3.03. The Morgan fingerprint density at radius 1 is 1.13 bits per heavy atom. The van der Waals surface area contributed by atoms with E-state index < -0.39 is 0 Å². The highest BCUT2D eigenvalue weighted by molar-refractivity contribution is 5.76. The van der Waals surface area contributed by atoms with E-state index in [1.807, 2.05) is 36.1 Å². The maximum atomic E-state index is 13.2. The van der Waals surface area contributed by atoms with Crippen molar-refractivity contribution >= 4 is 11.7 Å².